The summed E-state index contributed by atoms with van der Waals surface area (Å²) in [6, 6.07) is 13.8. The van der Waals surface area contributed by atoms with Crippen LogP contribution in [-0.2, 0) is 9.53 Å². The van der Waals surface area contributed by atoms with E-state index in [0.29, 0.717) is 16.3 Å². The maximum atomic E-state index is 12.8. The van der Waals surface area contributed by atoms with E-state index in [1.165, 1.54) is 18.1 Å². The van der Waals surface area contributed by atoms with Crippen LogP contribution in [-0.4, -0.2) is 65.7 Å². The van der Waals surface area contributed by atoms with Crippen LogP contribution in [0.2, 0.25) is 10.0 Å². The standard InChI is InChI=1S/C25H26Cl2N4O5/c1-28-25(35)31(23-12-21(34)22(15-33)36-23)13-16(14-32)24-29(19-6-2-4-17(26)10-19)8-9-30(24)20-7-3-5-18(27)11-20/h2-11,13-14,21-24,33-34H,12,15H2,1H3,(H,28,35)/b16-13+/t21-,22+,23+/m0/s1. The molecule has 2 aliphatic rings. The Hall–Kier alpha value is -3.08. The van der Waals surface area contributed by atoms with Crippen LogP contribution < -0.4 is 15.1 Å². The number of ether oxygens (including phenoxy) is 1. The molecule has 1 saturated heterocycles. The van der Waals surface area contributed by atoms with Crippen LogP contribution in [0.15, 0.2) is 72.7 Å². The van der Waals surface area contributed by atoms with E-state index < -0.39 is 37.2 Å². The van der Waals surface area contributed by atoms with Crippen LogP contribution in [0.4, 0.5) is 16.2 Å². The number of urea groups is 1. The van der Waals surface area contributed by atoms with Gasteiger partial charge in [0.1, 0.15) is 18.5 Å². The van der Waals surface area contributed by atoms with E-state index in [9.17, 15) is 19.8 Å². The highest BCUT2D eigenvalue weighted by atomic mass is 35.5. The molecule has 0 aliphatic carbocycles. The highest BCUT2D eigenvalue weighted by molar-refractivity contribution is 6.31. The van der Waals surface area contributed by atoms with Gasteiger partial charge < -0.3 is 30.1 Å². The molecule has 0 bridgehead atoms. The van der Waals surface area contributed by atoms with E-state index in [0.717, 1.165) is 11.4 Å². The molecular weight excluding hydrogens is 507 g/mol. The molecule has 9 nitrogen and oxygen atoms in total. The summed E-state index contributed by atoms with van der Waals surface area (Å²) < 4.78 is 5.70. The number of aldehydes is 1. The van der Waals surface area contributed by atoms with Gasteiger partial charge in [-0.2, -0.15) is 0 Å². The lowest BCUT2D eigenvalue weighted by atomic mass is 10.1. The van der Waals surface area contributed by atoms with Crippen molar-refractivity contribution in [3.63, 3.8) is 0 Å². The maximum Gasteiger partial charge on any atom is 0.323 e. The predicted octanol–water partition coefficient (Wildman–Crippen LogP) is 3.31. The number of carbonyl (C=O) groups is 2. The van der Waals surface area contributed by atoms with E-state index in [1.807, 2.05) is 21.9 Å². The zero-order chi connectivity index (χ0) is 25.8. The number of carbonyl (C=O) groups excluding carboxylic acids is 2. The van der Waals surface area contributed by atoms with Crippen LogP contribution in [0, 0.1) is 0 Å². The lowest BCUT2D eigenvalue weighted by molar-refractivity contribution is -0.105. The maximum absolute atomic E-state index is 12.8. The van der Waals surface area contributed by atoms with Gasteiger partial charge in [-0.05, 0) is 36.4 Å². The summed E-state index contributed by atoms with van der Waals surface area (Å²) in [6.45, 7) is -0.402. The fourth-order valence-electron chi connectivity index (χ4n) is 4.26. The SMILES string of the molecule is CNC(=O)N(/C=C(\C=O)C1N(c2cccc(Cl)c2)C=CN1c1cccc(Cl)c1)[C@H]1C[C@H](O)[C@@H](CO)O1. The lowest BCUT2D eigenvalue weighted by Crippen LogP contribution is -2.45. The molecule has 36 heavy (non-hydrogen) atoms. The molecule has 0 saturated carbocycles. The number of rotatable bonds is 7. The van der Waals surface area contributed by atoms with E-state index in [-0.39, 0.29) is 12.0 Å². The molecule has 0 spiro atoms. The van der Waals surface area contributed by atoms with Crippen molar-refractivity contribution in [1.29, 1.82) is 0 Å². The summed E-state index contributed by atoms with van der Waals surface area (Å²) in [5.41, 5.74) is 1.66. The molecule has 3 N–H and O–H groups in total. The van der Waals surface area contributed by atoms with Crippen molar-refractivity contribution in [1.82, 2.24) is 10.2 Å². The third kappa shape index (κ3) is 5.35. The van der Waals surface area contributed by atoms with E-state index >= 15 is 0 Å². The largest absolute Gasteiger partial charge is 0.394 e. The number of amides is 2. The average Bonchev–Trinajstić information content (AvgIpc) is 3.48. The third-order valence-corrected chi connectivity index (χ3v) is 6.46. The monoisotopic (exact) mass is 532 g/mol. The van der Waals surface area contributed by atoms with Gasteiger partial charge in [-0.15, -0.1) is 0 Å². The number of nitrogens with zero attached hydrogens (tertiary/aromatic N) is 3. The van der Waals surface area contributed by atoms with Crippen molar-refractivity contribution >= 4 is 46.9 Å². The minimum Gasteiger partial charge on any atom is -0.394 e. The van der Waals surface area contributed by atoms with E-state index in [4.69, 9.17) is 27.9 Å². The normalized spacial score (nSPS) is 22.2. The number of anilines is 2. The first-order valence-electron chi connectivity index (χ1n) is 11.2. The highest BCUT2D eigenvalue weighted by Gasteiger charge is 2.39. The molecule has 2 aromatic rings. The summed E-state index contributed by atoms with van der Waals surface area (Å²) in [5, 5.41) is 23.3. The van der Waals surface area contributed by atoms with E-state index in [1.54, 1.807) is 48.8 Å². The van der Waals surface area contributed by atoms with Gasteiger partial charge in [-0.25, -0.2) is 4.79 Å². The number of hydrogen-bond donors (Lipinski definition) is 3. The molecule has 2 amide bonds. The van der Waals surface area contributed by atoms with E-state index in [2.05, 4.69) is 5.32 Å². The zero-order valence-electron chi connectivity index (χ0n) is 19.4. The molecule has 0 unspecified atom stereocenters. The molecule has 1 fully saturated rings. The van der Waals surface area contributed by atoms with Gasteiger partial charge in [0, 0.05) is 53.5 Å². The molecule has 11 heteroatoms. The Bertz CT molecular complexity index is 1120. The van der Waals surface area contributed by atoms with Crippen LogP contribution >= 0.6 is 23.2 Å². The van der Waals surface area contributed by atoms with Crippen molar-refractivity contribution in [3.8, 4) is 0 Å². The van der Waals surface area contributed by atoms with Crippen molar-refractivity contribution in [3.05, 3.63) is 82.7 Å². The van der Waals surface area contributed by atoms with Gasteiger partial charge in [-0.3, -0.25) is 9.69 Å². The smallest absolute Gasteiger partial charge is 0.323 e. The molecular formula is C25H26Cl2N4O5. The van der Waals surface area contributed by atoms with Gasteiger partial charge in [-0.1, -0.05) is 35.3 Å². The Kier molecular flexibility index (Phi) is 8.17. The second kappa shape index (κ2) is 11.3. The van der Waals surface area contributed by atoms with Gasteiger partial charge >= 0.3 is 6.03 Å². The quantitative estimate of drug-likeness (QED) is 0.371. The highest BCUT2D eigenvalue weighted by Crippen LogP contribution is 2.35. The topological polar surface area (TPSA) is 106 Å². The number of hydrogen-bond acceptors (Lipinski definition) is 7. The zero-order valence-corrected chi connectivity index (χ0v) is 20.9. The van der Waals surface area contributed by atoms with Crippen LogP contribution in [0.25, 0.3) is 0 Å². The fraction of sp³-hybridized carbons (Fsp3) is 0.280. The molecule has 2 aromatic carbocycles. The molecule has 190 valence electrons. The molecule has 0 radical (unpaired) electrons. The van der Waals surface area contributed by atoms with Crippen molar-refractivity contribution in [2.75, 3.05) is 23.5 Å². The Labute approximate surface area is 218 Å². The average molecular weight is 533 g/mol. The minimum atomic E-state index is -0.959. The number of nitrogens with one attached hydrogen (secondary N) is 1. The number of benzene rings is 2. The fourth-order valence-corrected chi connectivity index (χ4v) is 4.63. The van der Waals surface area contributed by atoms with Gasteiger partial charge in [0.05, 0.1) is 18.3 Å². The van der Waals surface area contributed by atoms with Gasteiger partial charge in [0.25, 0.3) is 0 Å². The van der Waals surface area contributed by atoms with Crippen LogP contribution in [0.1, 0.15) is 6.42 Å². The molecule has 4 rings (SSSR count). The predicted molar refractivity (Wildman–Crippen MR) is 138 cm³/mol. The summed E-state index contributed by atoms with van der Waals surface area (Å²) in [6.07, 6.45) is 2.35. The first kappa shape index (κ1) is 26.0. The summed E-state index contributed by atoms with van der Waals surface area (Å²) in [5.74, 6) is 0. The van der Waals surface area contributed by atoms with Crippen molar-refractivity contribution in [2.45, 2.75) is 31.0 Å². The second-order valence-electron chi connectivity index (χ2n) is 8.27. The molecule has 2 aliphatic heterocycles. The summed E-state index contributed by atoms with van der Waals surface area (Å²) in [7, 11) is 1.45. The lowest BCUT2D eigenvalue weighted by Gasteiger charge is -2.34. The van der Waals surface area contributed by atoms with Crippen LogP contribution in [0.3, 0.4) is 0 Å². The van der Waals surface area contributed by atoms with Gasteiger partial charge in [0.15, 0.2) is 6.29 Å². The first-order chi connectivity index (χ1) is 17.4. The Morgan fingerprint density at radius 1 is 1.14 bits per heavy atom. The summed E-state index contributed by atoms with van der Waals surface area (Å²) in [4.78, 5) is 30.2. The minimum absolute atomic E-state index is 0.0697. The Morgan fingerprint density at radius 2 is 1.72 bits per heavy atom. The number of halogens is 2. The molecule has 0 aromatic heterocycles. The number of aliphatic hydroxyl groups excluding tert-OH is 2. The third-order valence-electron chi connectivity index (χ3n) is 5.99. The van der Waals surface area contributed by atoms with Crippen molar-refractivity contribution < 1.29 is 24.5 Å². The van der Waals surface area contributed by atoms with Crippen LogP contribution in [0.5, 0.6) is 0 Å². The Balaban J connectivity index is 1.78. The second-order valence-corrected chi connectivity index (χ2v) is 9.14. The molecule has 3 atom stereocenters. The summed E-state index contributed by atoms with van der Waals surface area (Å²) >= 11 is 12.5. The Morgan fingerprint density at radius 3 is 2.17 bits per heavy atom. The molecule has 2 heterocycles. The van der Waals surface area contributed by atoms with Gasteiger partial charge in [0.2, 0.25) is 0 Å². The van der Waals surface area contributed by atoms with Crippen molar-refractivity contribution in [2.24, 2.45) is 0 Å². The number of aliphatic hydroxyl groups is 2. The first-order valence-corrected chi connectivity index (χ1v) is 12.0.